The molecule has 1 aromatic carbocycles. The third-order valence-electron chi connectivity index (χ3n) is 6.16. The van der Waals surface area contributed by atoms with Crippen LogP contribution in [-0.2, 0) is 5.41 Å². The Labute approximate surface area is 158 Å². The number of piperidine rings is 1. The summed E-state index contributed by atoms with van der Waals surface area (Å²) in [5.74, 6) is 0.750. The van der Waals surface area contributed by atoms with Crippen LogP contribution in [0.2, 0.25) is 0 Å². The zero-order chi connectivity index (χ0) is 19.2. The zero-order valence-electron chi connectivity index (χ0n) is 15.6. The predicted molar refractivity (Wildman–Crippen MR) is 103 cm³/mol. The van der Waals surface area contributed by atoms with Gasteiger partial charge < -0.3 is 14.9 Å². The van der Waals surface area contributed by atoms with Crippen molar-refractivity contribution in [1.29, 1.82) is 0 Å². The van der Waals surface area contributed by atoms with Crippen molar-refractivity contribution >= 4 is 11.5 Å². The summed E-state index contributed by atoms with van der Waals surface area (Å²) in [6, 6.07) is 11.6. The highest BCUT2D eigenvalue weighted by Gasteiger charge is 2.53. The summed E-state index contributed by atoms with van der Waals surface area (Å²) in [5.41, 5.74) is 2.23. The van der Waals surface area contributed by atoms with Crippen LogP contribution in [0.5, 0.6) is 0 Å². The molecule has 0 amide bonds. The van der Waals surface area contributed by atoms with Crippen LogP contribution in [0.3, 0.4) is 0 Å². The van der Waals surface area contributed by atoms with Crippen molar-refractivity contribution in [3.05, 3.63) is 63.8 Å². The minimum atomic E-state index is -0.447. The zero-order valence-corrected chi connectivity index (χ0v) is 15.6. The fraction of sp³-hybridized carbons (Fsp3) is 0.450. The van der Waals surface area contributed by atoms with Crippen molar-refractivity contribution in [1.82, 2.24) is 9.88 Å². The van der Waals surface area contributed by atoms with E-state index in [4.69, 9.17) is 0 Å². The van der Waals surface area contributed by atoms with Gasteiger partial charge in [0.25, 0.3) is 5.69 Å². The minimum absolute atomic E-state index is 0.00111. The molecular formula is C20H24N4O3. The van der Waals surface area contributed by atoms with Gasteiger partial charge in [-0.2, -0.15) is 0 Å². The highest BCUT2D eigenvalue weighted by atomic mass is 16.6. The number of hydrogen-bond donors (Lipinski definition) is 1. The molecule has 2 atom stereocenters. The number of likely N-dealkylation sites (N-methyl/N-ethyl adjacent to an activating group) is 1. The van der Waals surface area contributed by atoms with Gasteiger partial charge in [-0.15, -0.1) is 0 Å². The number of pyridine rings is 1. The second-order valence-electron chi connectivity index (χ2n) is 7.72. The smallest absolute Gasteiger partial charge is 0.287 e. The highest BCUT2D eigenvalue weighted by molar-refractivity contribution is 5.48. The van der Waals surface area contributed by atoms with Gasteiger partial charge in [0.1, 0.15) is 12.0 Å². The first-order chi connectivity index (χ1) is 12.9. The Morgan fingerprint density at radius 3 is 2.52 bits per heavy atom. The van der Waals surface area contributed by atoms with E-state index >= 15 is 0 Å². The number of nitro groups is 1. The molecule has 142 valence electrons. The average molecular weight is 368 g/mol. The molecule has 0 radical (unpaired) electrons. The Morgan fingerprint density at radius 1 is 1.22 bits per heavy atom. The first-order valence-electron chi connectivity index (χ1n) is 9.23. The standard InChI is InChI=1S/C20H24N4O3/c1-22(2)18-15-5-3-4-6-16(15)20(19(18)25)9-11-23(12-10-20)17-8-7-14(13-21-17)24(26)27/h3-8,13,18-19,25H,9-12H2,1-2H3/t18-,19+/m0/s1. The lowest BCUT2D eigenvalue weighted by atomic mass is 9.72. The number of anilines is 1. The number of benzene rings is 1. The Kier molecular flexibility index (Phi) is 4.36. The van der Waals surface area contributed by atoms with Crippen LogP contribution in [0, 0.1) is 10.1 Å². The lowest BCUT2D eigenvalue weighted by Gasteiger charge is -2.43. The van der Waals surface area contributed by atoms with Gasteiger partial charge in [0, 0.05) is 24.6 Å². The fourth-order valence-corrected chi connectivity index (χ4v) is 4.77. The molecule has 2 heterocycles. The van der Waals surface area contributed by atoms with Crippen molar-refractivity contribution in [2.45, 2.75) is 30.4 Å². The average Bonchev–Trinajstić information content (AvgIpc) is 2.91. The van der Waals surface area contributed by atoms with E-state index in [2.05, 4.69) is 33.0 Å². The Bertz CT molecular complexity index is 845. The maximum atomic E-state index is 11.3. The largest absolute Gasteiger partial charge is 0.390 e. The summed E-state index contributed by atoms with van der Waals surface area (Å²) in [6.45, 7) is 1.52. The number of aliphatic hydroxyl groups excluding tert-OH is 1. The molecule has 1 aliphatic heterocycles. The van der Waals surface area contributed by atoms with Crippen molar-refractivity contribution in [2.24, 2.45) is 0 Å². The van der Waals surface area contributed by atoms with Gasteiger partial charge >= 0.3 is 0 Å². The fourth-order valence-electron chi connectivity index (χ4n) is 4.77. The molecule has 7 nitrogen and oxygen atoms in total. The molecule has 7 heteroatoms. The van der Waals surface area contributed by atoms with Gasteiger partial charge in [-0.25, -0.2) is 4.98 Å². The summed E-state index contributed by atoms with van der Waals surface area (Å²) in [5, 5.41) is 22.1. The third kappa shape index (κ3) is 2.78. The number of fused-ring (bicyclic) bond motifs is 2. The van der Waals surface area contributed by atoms with Gasteiger partial charge in [-0.05, 0) is 44.1 Å². The van der Waals surface area contributed by atoms with Crippen LogP contribution in [0.1, 0.15) is 30.0 Å². The molecule has 1 spiro atoms. The van der Waals surface area contributed by atoms with Crippen molar-refractivity contribution in [3.63, 3.8) is 0 Å². The van der Waals surface area contributed by atoms with E-state index in [9.17, 15) is 15.2 Å². The summed E-state index contributed by atoms with van der Waals surface area (Å²) >= 11 is 0. The van der Waals surface area contributed by atoms with E-state index < -0.39 is 11.0 Å². The van der Waals surface area contributed by atoms with Gasteiger partial charge in [0.2, 0.25) is 0 Å². The first kappa shape index (κ1) is 17.9. The maximum absolute atomic E-state index is 11.3. The molecular weight excluding hydrogens is 344 g/mol. The molecule has 0 unspecified atom stereocenters. The Morgan fingerprint density at radius 2 is 1.93 bits per heavy atom. The number of nitrogens with zero attached hydrogens (tertiary/aromatic N) is 4. The molecule has 1 fully saturated rings. The number of hydrogen-bond acceptors (Lipinski definition) is 6. The van der Waals surface area contributed by atoms with E-state index in [1.165, 1.54) is 23.4 Å². The number of aromatic nitrogens is 1. The van der Waals surface area contributed by atoms with E-state index in [-0.39, 0.29) is 17.1 Å². The lowest BCUT2D eigenvalue weighted by molar-refractivity contribution is -0.385. The molecule has 1 aliphatic carbocycles. The molecule has 0 bridgehead atoms. The summed E-state index contributed by atoms with van der Waals surface area (Å²) in [6.07, 6.45) is 2.51. The normalized spacial score (nSPS) is 23.6. The molecule has 27 heavy (non-hydrogen) atoms. The van der Waals surface area contributed by atoms with Crippen LogP contribution in [0.4, 0.5) is 11.5 Å². The van der Waals surface area contributed by atoms with Gasteiger partial charge in [0.15, 0.2) is 0 Å². The second-order valence-corrected chi connectivity index (χ2v) is 7.72. The third-order valence-corrected chi connectivity index (χ3v) is 6.16. The van der Waals surface area contributed by atoms with E-state index in [0.29, 0.717) is 0 Å². The molecule has 1 N–H and O–H groups in total. The Balaban J connectivity index is 1.58. The molecule has 1 saturated heterocycles. The van der Waals surface area contributed by atoms with Gasteiger partial charge in [0.05, 0.1) is 17.1 Å². The van der Waals surface area contributed by atoms with Crippen LogP contribution in [-0.4, -0.2) is 53.2 Å². The summed E-state index contributed by atoms with van der Waals surface area (Å²) in [4.78, 5) is 18.9. The number of rotatable bonds is 3. The minimum Gasteiger partial charge on any atom is -0.390 e. The number of aliphatic hydroxyl groups is 1. The summed E-state index contributed by atoms with van der Waals surface area (Å²) < 4.78 is 0. The maximum Gasteiger partial charge on any atom is 0.287 e. The highest BCUT2D eigenvalue weighted by Crippen LogP contribution is 2.52. The van der Waals surface area contributed by atoms with Crippen molar-refractivity contribution in [3.8, 4) is 0 Å². The SMILES string of the molecule is CN(C)[C@H]1c2ccccc2C2(CCN(c3ccc([N+](=O)[O-])cn3)CC2)[C@@H]1O. The van der Waals surface area contributed by atoms with Crippen molar-refractivity contribution < 1.29 is 10.0 Å². The molecule has 2 aromatic rings. The van der Waals surface area contributed by atoms with Gasteiger partial charge in [-0.3, -0.25) is 10.1 Å². The van der Waals surface area contributed by atoms with E-state index in [1.807, 2.05) is 20.2 Å². The van der Waals surface area contributed by atoms with Crippen LogP contribution >= 0.6 is 0 Å². The Hall–Kier alpha value is -2.51. The molecule has 4 rings (SSSR count). The topological polar surface area (TPSA) is 82.7 Å². The predicted octanol–water partition coefficient (Wildman–Crippen LogP) is 2.51. The van der Waals surface area contributed by atoms with E-state index in [0.717, 1.165) is 31.7 Å². The van der Waals surface area contributed by atoms with Crippen molar-refractivity contribution in [2.75, 3.05) is 32.1 Å². The quantitative estimate of drug-likeness (QED) is 0.662. The molecule has 1 aromatic heterocycles. The summed E-state index contributed by atoms with van der Waals surface area (Å²) in [7, 11) is 4.03. The van der Waals surface area contributed by atoms with Crippen LogP contribution < -0.4 is 4.90 Å². The monoisotopic (exact) mass is 368 g/mol. The van der Waals surface area contributed by atoms with Gasteiger partial charge in [-0.1, -0.05) is 24.3 Å². The second kappa shape index (κ2) is 6.58. The lowest BCUT2D eigenvalue weighted by Crippen LogP contribution is -2.49. The molecule has 2 aliphatic rings. The van der Waals surface area contributed by atoms with Crippen LogP contribution in [0.15, 0.2) is 42.6 Å². The first-order valence-corrected chi connectivity index (χ1v) is 9.23. The molecule has 0 saturated carbocycles. The van der Waals surface area contributed by atoms with E-state index in [1.54, 1.807) is 6.07 Å². The van der Waals surface area contributed by atoms with Crippen LogP contribution in [0.25, 0.3) is 0 Å².